The molecular formula is C21H23N3O3. The maximum atomic E-state index is 12.7. The molecule has 1 atom stereocenters. The van der Waals surface area contributed by atoms with Crippen molar-refractivity contribution in [2.45, 2.75) is 32.2 Å². The molecule has 0 fully saturated rings. The number of amides is 3. The van der Waals surface area contributed by atoms with E-state index in [1.54, 1.807) is 29.2 Å². The van der Waals surface area contributed by atoms with Gasteiger partial charge in [0.15, 0.2) is 0 Å². The number of primary amides is 1. The van der Waals surface area contributed by atoms with E-state index in [-0.39, 0.29) is 30.7 Å². The van der Waals surface area contributed by atoms with E-state index < -0.39 is 5.91 Å². The largest absolute Gasteiger partial charge is 0.369 e. The topological polar surface area (TPSA) is 92.5 Å². The number of benzene rings is 2. The first kappa shape index (κ1) is 18.6. The van der Waals surface area contributed by atoms with E-state index >= 15 is 0 Å². The van der Waals surface area contributed by atoms with Gasteiger partial charge in [-0.15, -0.1) is 0 Å². The fourth-order valence-corrected chi connectivity index (χ4v) is 3.61. The second-order valence-electron chi connectivity index (χ2n) is 6.73. The van der Waals surface area contributed by atoms with Crippen molar-refractivity contribution in [1.29, 1.82) is 0 Å². The third-order valence-corrected chi connectivity index (χ3v) is 4.85. The van der Waals surface area contributed by atoms with E-state index in [1.165, 1.54) is 12.5 Å². The van der Waals surface area contributed by atoms with Gasteiger partial charge >= 0.3 is 0 Å². The van der Waals surface area contributed by atoms with Gasteiger partial charge in [0, 0.05) is 19.2 Å². The Kier molecular flexibility index (Phi) is 5.54. The van der Waals surface area contributed by atoms with Gasteiger partial charge in [-0.2, -0.15) is 0 Å². The molecule has 3 rings (SSSR count). The van der Waals surface area contributed by atoms with Crippen LogP contribution in [0.3, 0.4) is 0 Å². The molecule has 1 aliphatic heterocycles. The molecule has 0 bridgehead atoms. The molecule has 1 aliphatic rings. The van der Waals surface area contributed by atoms with Gasteiger partial charge in [0.05, 0.1) is 18.9 Å². The van der Waals surface area contributed by atoms with Crippen LogP contribution < -0.4 is 11.1 Å². The van der Waals surface area contributed by atoms with Crippen molar-refractivity contribution in [2.24, 2.45) is 5.73 Å². The summed E-state index contributed by atoms with van der Waals surface area (Å²) in [7, 11) is 0. The minimum atomic E-state index is -0.458. The summed E-state index contributed by atoms with van der Waals surface area (Å²) in [6.45, 7) is 2.13. The zero-order valence-corrected chi connectivity index (χ0v) is 15.3. The van der Waals surface area contributed by atoms with Crippen molar-refractivity contribution in [1.82, 2.24) is 4.90 Å². The molecular weight excluding hydrogens is 342 g/mol. The number of hydrogen-bond donors (Lipinski definition) is 2. The van der Waals surface area contributed by atoms with Crippen LogP contribution in [0.2, 0.25) is 0 Å². The summed E-state index contributed by atoms with van der Waals surface area (Å²) in [4.78, 5) is 37.8. The zero-order valence-electron chi connectivity index (χ0n) is 15.3. The van der Waals surface area contributed by atoms with Crippen molar-refractivity contribution < 1.29 is 14.4 Å². The van der Waals surface area contributed by atoms with Crippen LogP contribution in [0.25, 0.3) is 0 Å². The molecule has 6 nitrogen and oxygen atoms in total. The number of para-hydroxylation sites is 1. The average molecular weight is 365 g/mol. The molecule has 0 aromatic heterocycles. The molecule has 2 aromatic carbocycles. The molecule has 0 aliphatic carbocycles. The van der Waals surface area contributed by atoms with Gasteiger partial charge in [-0.05, 0) is 29.2 Å². The summed E-state index contributed by atoms with van der Waals surface area (Å²) >= 11 is 0. The minimum Gasteiger partial charge on any atom is -0.369 e. The lowest BCUT2D eigenvalue weighted by Gasteiger charge is -2.36. The van der Waals surface area contributed by atoms with E-state index in [9.17, 15) is 14.4 Å². The molecule has 27 heavy (non-hydrogen) atoms. The maximum absolute atomic E-state index is 12.7. The zero-order chi connectivity index (χ0) is 19.4. The third kappa shape index (κ3) is 4.34. The molecule has 6 heteroatoms. The fourth-order valence-electron chi connectivity index (χ4n) is 3.61. The van der Waals surface area contributed by atoms with Crippen LogP contribution in [0.4, 0.5) is 5.69 Å². The minimum absolute atomic E-state index is 0.0450. The number of fused-ring (bicyclic) bond motifs is 1. The molecule has 2 aromatic rings. The van der Waals surface area contributed by atoms with Crippen LogP contribution in [-0.4, -0.2) is 29.2 Å². The standard InChI is InChI=1S/C21H23N3O3/c1-14(25)24-11-10-15-6-2-4-8-17(15)19(24)13-21(27)23-18-9-5-3-7-16(18)12-20(22)26/h2-9,19H,10-13H2,1H3,(H2,22,26)(H,23,27). The van der Waals surface area contributed by atoms with Gasteiger partial charge in [-0.3, -0.25) is 14.4 Å². The lowest BCUT2D eigenvalue weighted by atomic mass is 9.90. The predicted octanol–water partition coefficient (Wildman–Crippen LogP) is 2.19. The highest BCUT2D eigenvalue weighted by Crippen LogP contribution is 2.32. The van der Waals surface area contributed by atoms with E-state index in [0.717, 1.165) is 12.0 Å². The third-order valence-electron chi connectivity index (χ3n) is 4.85. The fraction of sp³-hybridized carbons (Fsp3) is 0.286. The average Bonchev–Trinajstić information content (AvgIpc) is 2.63. The Morgan fingerprint density at radius 3 is 2.56 bits per heavy atom. The van der Waals surface area contributed by atoms with Crippen molar-refractivity contribution in [3.05, 3.63) is 65.2 Å². The lowest BCUT2D eigenvalue weighted by Crippen LogP contribution is -2.40. The van der Waals surface area contributed by atoms with Gasteiger partial charge in [-0.1, -0.05) is 42.5 Å². The molecule has 1 heterocycles. The highest BCUT2D eigenvalue weighted by molar-refractivity contribution is 5.93. The molecule has 3 amide bonds. The van der Waals surface area contributed by atoms with Gasteiger partial charge < -0.3 is 16.0 Å². The van der Waals surface area contributed by atoms with Crippen LogP contribution >= 0.6 is 0 Å². The van der Waals surface area contributed by atoms with Gasteiger partial charge in [-0.25, -0.2) is 0 Å². The summed E-state index contributed by atoms with van der Waals surface area (Å²) in [6, 6.07) is 14.7. The molecule has 0 spiro atoms. The number of nitrogens with one attached hydrogen (secondary N) is 1. The summed E-state index contributed by atoms with van der Waals surface area (Å²) in [6.07, 6.45) is 0.999. The van der Waals surface area contributed by atoms with Crippen LogP contribution in [-0.2, 0) is 27.2 Å². The number of nitrogens with zero attached hydrogens (tertiary/aromatic N) is 1. The Bertz CT molecular complexity index is 878. The Morgan fingerprint density at radius 1 is 1.11 bits per heavy atom. The number of carbonyl (C=O) groups is 3. The molecule has 0 radical (unpaired) electrons. The van der Waals surface area contributed by atoms with Gasteiger partial charge in [0.2, 0.25) is 17.7 Å². The second kappa shape index (κ2) is 8.03. The number of rotatable bonds is 5. The van der Waals surface area contributed by atoms with Crippen molar-refractivity contribution in [3.8, 4) is 0 Å². The Hall–Kier alpha value is -3.15. The first-order chi connectivity index (χ1) is 13.0. The first-order valence-electron chi connectivity index (χ1n) is 8.96. The van der Waals surface area contributed by atoms with Crippen molar-refractivity contribution >= 4 is 23.4 Å². The highest BCUT2D eigenvalue weighted by Gasteiger charge is 2.30. The molecule has 140 valence electrons. The Morgan fingerprint density at radius 2 is 1.81 bits per heavy atom. The number of anilines is 1. The number of hydrogen-bond acceptors (Lipinski definition) is 3. The number of carbonyl (C=O) groups excluding carboxylic acids is 3. The smallest absolute Gasteiger partial charge is 0.226 e. The lowest BCUT2D eigenvalue weighted by molar-refractivity contribution is -0.132. The van der Waals surface area contributed by atoms with Crippen molar-refractivity contribution in [2.75, 3.05) is 11.9 Å². The first-order valence-corrected chi connectivity index (χ1v) is 8.96. The Balaban J connectivity index is 1.80. The summed E-state index contributed by atoms with van der Waals surface area (Å²) in [5.41, 5.74) is 8.71. The van der Waals surface area contributed by atoms with Crippen LogP contribution in [0.1, 0.15) is 36.1 Å². The van der Waals surface area contributed by atoms with Crippen molar-refractivity contribution in [3.63, 3.8) is 0 Å². The summed E-state index contributed by atoms with van der Waals surface area (Å²) in [5, 5.41) is 2.87. The molecule has 0 saturated heterocycles. The van der Waals surface area contributed by atoms with Crippen LogP contribution in [0.15, 0.2) is 48.5 Å². The van der Waals surface area contributed by atoms with Crippen LogP contribution in [0.5, 0.6) is 0 Å². The van der Waals surface area contributed by atoms with E-state index in [1.807, 2.05) is 24.3 Å². The Labute approximate surface area is 158 Å². The second-order valence-corrected chi connectivity index (χ2v) is 6.73. The summed E-state index contributed by atoms with van der Waals surface area (Å²) in [5.74, 6) is -0.711. The maximum Gasteiger partial charge on any atom is 0.226 e. The normalized spacial score (nSPS) is 15.7. The van der Waals surface area contributed by atoms with Gasteiger partial charge in [0.1, 0.15) is 0 Å². The predicted molar refractivity (Wildman–Crippen MR) is 103 cm³/mol. The van der Waals surface area contributed by atoms with E-state index in [0.29, 0.717) is 17.8 Å². The van der Waals surface area contributed by atoms with E-state index in [4.69, 9.17) is 5.73 Å². The quantitative estimate of drug-likeness (QED) is 0.851. The molecule has 1 unspecified atom stereocenters. The van der Waals surface area contributed by atoms with E-state index in [2.05, 4.69) is 5.32 Å². The highest BCUT2D eigenvalue weighted by atomic mass is 16.2. The molecule has 3 N–H and O–H groups in total. The monoisotopic (exact) mass is 365 g/mol. The number of nitrogens with two attached hydrogens (primary N) is 1. The van der Waals surface area contributed by atoms with Crippen LogP contribution in [0, 0.1) is 0 Å². The summed E-state index contributed by atoms with van der Waals surface area (Å²) < 4.78 is 0. The molecule has 0 saturated carbocycles. The van der Waals surface area contributed by atoms with Gasteiger partial charge in [0.25, 0.3) is 0 Å². The SMILES string of the molecule is CC(=O)N1CCc2ccccc2C1CC(=O)Nc1ccccc1CC(N)=O.